The molecule has 0 unspecified atom stereocenters. The Morgan fingerprint density at radius 2 is 2.00 bits per heavy atom. The molecule has 2 aromatic carbocycles. The molecule has 1 amide bonds. The van der Waals surface area contributed by atoms with Gasteiger partial charge in [-0.05, 0) is 36.1 Å². The van der Waals surface area contributed by atoms with Crippen molar-refractivity contribution >= 4 is 5.91 Å². The minimum absolute atomic E-state index is 0.234. The van der Waals surface area contributed by atoms with Crippen LogP contribution in [0.1, 0.15) is 17.2 Å². The number of nitrogens with two attached hydrogens (primary N) is 1. The maximum Gasteiger partial charge on any atom is 0.239 e. The number of ether oxygens (including phenoxy) is 1. The summed E-state index contributed by atoms with van der Waals surface area (Å²) < 4.78 is 5.16. The summed E-state index contributed by atoms with van der Waals surface area (Å²) in [6, 6.07) is 16.3. The topological polar surface area (TPSA) is 84.6 Å². The van der Waals surface area contributed by atoms with Gasteiger partial charge in [0.25, 0.3) is 0 Å². The summed E-state index contributed by atoms with van der Waals surface area (Å²) in [5.41, 5.74) is 7.30. The first-order valence-electron chi connectivity index (χ1n) is 7.82. The van der Waals surface area contributed by atoms with Crippen molar-refractivity contribution in [3.8, 4) is 5.75 Å². The summed E-state index contributed by atoms with van der Waals surface area (Å²) in [7, 11) is 1.56. The van der Waals surface area contributed by atoms with E-state index in [1.807, 2.05) is 30.3 Å². The second-order valence-electron chi connectivity index (χ2n) is 5.51. The standard InChI is InChI=1S/C19H23N2O3/c1-24-17-9-5-8-15(12-17)18(19(20)23)21-13-16(22)11-10-14-6-3-2-4-7-14/h2-9,11-12,16,18,21-22H,10,13H2,1H3,(H2,20,23)/t16-,18+/m1/s1. The Morgan fingerprint density at radius 3 is 2.67 bits per heavy atom. The summed E-state index contributed by atoms with van der Waals surface area (Å²) in [5.74, 6) is 0.148. The zero-order valence-electron chi connectivity index (χ0n) is 13.7. The number of amides is 1. The van der Waals surface area contributed by atoms with E-state index in [1.165, 1.54) is 0 Å². The summed E-state index contributed by atoms with van der Waals surface area (Å²) in [5, 5.41) is 13.1. The van der Waals surface area contributed by atoms with Gasteiger partial charge in [0, 0.05) is 6.54 Å². The molecule has 5 heteroatoms. The van der Waals surface area contributed by atoms with Crippen molar-refractivity contribution in [2.75, 3.05) is 13.7 Å². The highest BCUT2D eigenvalue weighted by Crippen LogP contribution is 2.19. The monoisotopic (exact) mass is 327 g/mol. The maximum absolute atomic E-state index is 11.7. The molecular formula is C19H23N2O3. The number of primary amides is 1. The molecule has 2 atom stereocenters. The lowest BCUT2D eigenvalue weighted by Crippen LogP contribution is -2.38. The van der Waals surface area contributed by atoms with Gasteiger partial charge in [-0.15, -0.1) is 0 Å². The highest BCUT2D eigenvalue weighted by Gasteiger charge is 2.19. The van der Waals surface area contributed by atoms with Crippen LogP contribution in [0.25, 0.3) is 0 Å². The molecule has 127 valence electrons. The van der Waals surface area contributed by atoms with E-state index in [2.05, 4.69) is 5.32 Å². The molecule has 0 spiro atoms. The van der Waals surface area contributed by atoms with Crippen LogP contribution >= 0.6 is 0 Å². The van der Waals surface area contributed by atoms with E-state index in [0.29, 0.717) is 17.7 Å². The van der Waals surface area contributed by atoms with Gasteiger partial charge in [0.1, 0.15) is 11.8 Å². The first kappa shape index (κ1) is 18.0. The Bertz CT molecular complexity index is 646. The smallest absolute Gasteiger partial charge is 0.239 e. The van der Waals surface area contributed by atoms with Gasteiger partial charge in [-0.2, -0.15) is 0 Å². The minimum atomic E-state index is -0.683. The molecule has 0 aliphatic rings. The fourth-order valence-corrected chi connectivity index (χ4v) is 2.41. The number of aliphatic hydroxyl groups excluding tert-OH is 1. The lowest BCUT2D eigenvalue weighted by Gasteiger charge is -2.19. The zero-order chi connectivity index (χ0) is 17.4. The molecule has 0 aliphatic carbocycles. The summed E-state index contributed by atoms with van der Waals surface area (Å²) >= 11 is 0. The van der Waals surface area contributed by atoms with Crippen LogP contribution < -0.4 is 15.8 Å². The summed E-state index contributed by atoms with van der Waals surface area (Å²) in [4.78, 5) is 11.7. The fourth-order valence-electron chi connectivity index (χ4n) is 2.41. The number of carbonyl (C=O) groups is 1. The van der Waals surface area contributed by atoms with E-state index in [0.717, 1.165) is 5.56 Å². The molecule has 4 N–H and O–H groups in total. The second-order valence-corrected chi connectivity index (χ2v) is 5.51. The number of nitrogens with one attached hydrogen (secondary N) is 1. The van der Waals surface area contributed by atoms with E-state index < -0.39 is 18.1 Å². The number of hydrogen-bond donors (Lipinski definition) is 3. The van der Waals surface area contributed by atoms with Crippen molar-refractivity contribution in [3.05, 3.63) is 72.1 Å². The van der Waals surface area contributed by atoms with E-state index >= 15 is 0 Å². The fraction of sp³-hybridized carbons (Fsp3) is 0.263. The van der Waals surface area contributed by atoms with E-state index in [9.17, 15) is 9.90 Å². The van der Waals surface area contributed by atoms with Crippen LogP contribution in [0.15, 0.2) is 54.6 Å². The third kappa shape index (κ3) is 5.37. The summed E-state index contributed by atoms with van der Waals surface area (Å²) in [6.45, 7) is 0.234. The first-order valence-corrected chi connectivity index (χ1v) is 7.82. The van der Waals surface area contributed by atoms with Gasteiger partial charge in [-0.1, -0.05) is 42.5 Å². The average molecular weight is 327 g/mol. The third-order valence-electron chi connectivity index (χ3n) is 3.71. The average Bonchev–Trinajstić information content (AvgIpc) is 2.61. The Balaban J connectivity index is 1.90. The molecule has 0 fully saturated rings. The molecule has 24 heavy (non-hydrogen) atoms. The Morgan fingerprint density at radius 1 is 1.25 bits per heavy atom. The van der Waals surface area contributed by atoms with Gasteiger partial charge >= 0.3 is 0 Å². The van der Waals surface area contributed by atoms with Crippen LogP contribution in [0.5, 0.6) is 5.75 Å². The minimum Gasteiger partial charge on any atom is -0.497 e. The van der Waals surface area contributed by atoms with Crippen molar-refractivity contribution in [1.82, 2.24) is 5.32 Å². The van der Waals surface area contributed by atoms with Crippen LogP contribution in [0.4, 0.5) is 0 Å². The van der Waals surface area contributed by atoms with Crippen molar-refractivity contribution < 1.29 is 14.6 Å². The largest absolute Gasteiger partial charge is 0.497 e. The molecule has 0 aliphatic heterocycles. The predicted octanol–water partition coefficient (Wildman–Crippen LogP) is 1.62. The van der Waals surface area contributed by atoms with Crippen LogP contribution in [-0.4, -0.2) is 30.8 Å². The molecule has 5 nitrogen and oxygen atoms in total. The Labute approximate surface area is 142 Å². The van der Waals surface area contributed by atoms with Crippen LogP contribution in [0.3, 0.4) is 0 Å². The van der Waals surface area contributed by atoms with E-state index in [4.69, 9.17) is 10.5 Å². The molecule has 0 heterocycles. The molecule has 1 radical (unpaired) electrons. The van der Waals surface area contributed by atoms with Crippen LogP contribution in [0, 0.1) is 6.42 Å². The number of aliphatic hydroxyl groups is 1. The molecule has 0 saturated carbocycles. The van der Waals surface area contributed by atoms with E-state index in [-0.39, 0.29) is 6.54 Å². The number of methoxy groups -OCH3 is 1. The zero-order valence-corrected chi connectivity index (χ0v) is 13.7. The molecule has 2 aromatic rings. The van der Waals surface area contributed by atoms with Crippen molar-refractivity contribution in [2.24, 2.45) is 5.73 Å². The Hall–Kier alpha value is -2.37. The molecule has 2 rings (SSSR count). The predicted molar refractivity (Wildman–Crippen MR) is 93.4 cm³/mol. The molecular weight excluding hydrogens is 304 g/mol. The molecule has 0 bridgehead atoms. The number of carbonyl (C=O) groups excluding carboxylic acids is 1. The lowest BCUT2D eigenvalue weighted by molar-refractivity contribution is -0.120. The quantitative estimate of drug-likeness (QED) is 0.653. The van der Waals surface area contributed by atoms with Crippen molar-refractivity contribution in [2.45, 2.75) is 18.6 Å². The molecule has 0 saturated heterocycles. The van der Waals surface area contributed by atoms with Crippen LogP contribution in [0.2, 0.25) is 0 Å². The van der Waals surface area contributed by atoms with Gasteiger partial charge in [-0.25, -0.2) is 0 Å². The normalized spacial score (nSPS) is 13.2. The highest BCUT2D eigenvalue weighted by molar-refractivity contribution is 5.81. The lowest BCUT2D eigenvalue weighted by atomic mass is 10.0. The van der Waals surface area contributed by atoms with Crippen LogP contribution in [-0.2, 0) is 11.2 Å². The highest BCUT2D eigenvalue weighted by atomic mass is 16.5. The van der Waals surface area contributed by atoms with Crippen molar-refractivity contribution in [3.63, 3.8) is 0 Å². The van der Waals surface area contributed by atoms with Gasteiger partial charge in [-0.3, -0.25) is 10.1 Å². The Kier molecular flexibility index (Phi) is 6.78. The maximum atomic E-state index is 11.7. The molecule has 0 aromatic heterocycles. The van der Waals surface area contributed by atoms with E-state index in [1.54, 1.807) is 37.8 Å². The second kappa shape index (κ2) is 9.05. The number of hydrogen-bond acceptors (Lipinski definition) is 4. The number of rotatable bonds is 9. The van der Waals surface area contributed by atoms with Gasteiger partial charge in [0.05, 0.1) is 13.2 Å². The van der Waals surface area contributed by atoms with Crippen molar-refractivity contribution in [1.29, 1.82) is 0 Å². The SMILES string of the molecule is COc1cccc([C@H](NC[C@H](O)[CH]Cc2ccccc2)C(N)=O)c1. The number of benzene rings is 2. The van der Waals surface area contributed by atoms with Gasteiger partial charge < -0.3 is 15.6 Å². The van der Waals surface area contributed by atoms with Gasteiger partial charge in [0.2, 0.25) is 5.91 Å². The van der Waals surface area contributed by atoms with Gasteiger partial charge in [0.15, 0.2) is 0 Å². The first-order chi connectivity index (χ1) is 11.6. The summed E-state index contributed by atoms with van der Waals surface area (Å²) in [6.07, 6.45) is 1.77. The third-order valence-corrected chi connectivity index (χ3v) is 3.71.